The fraction of sp³-hybridized carbons (Fsp3) is 0.923. The molecule has 5 aliphatic rings. The van der Waals surface area contributed by atoms with E-state index < -0.39 is 5.60 Å². The van der Waals surface area contributed by atoms with Crippen LogP contribution in [0.1, 0.15) is 84.5 Å². The standard InChI is InChI=1S/C26H44N4O2/c1-24-11-9-20(31)17-19(24)6-7-22-21(24)10-12-25(2)18(8-13-26(22,25)32)5-4-14-28-29-23-27-15-16-30(23)3/h14,18-22,31-32H,4-13,15-17H2,1-3H3,(H,27,29)/t18-,19+,20-,21-,22+,24-,25+,26-/m0/s1. The van der Waals surface area contributed by atoms with E-state index in [1.165, 1.54) is 12.8 Å². The molecule has 0 aromatic rings. The van der Waals surface area contributed by atoms with Gasteiger partial charge in [0, 0.05) is 19.8 Å². The molecule has 5 rings (SSSR count). The van der Waals surface area contributed by atoms with Gasteiger partial charge in [-0.15, -0.1) is 0 Å². The Hall–Kier alpha value is -1.14. The van der Waals surface area contributed by atoms with E-state index in [2.05, 4.69) is 34.3 Å². The molecule has 0 radical (unpaired) electrons. The minimum atomic E-state index is -0.513. The van der Waals surface area contributed by atoms with Gasteiger partial charge in [-0.25, -0.2) is 10.4 Å². The average Bonchev–Trinajstić information content (AvgIpc) is 3.29. The first-order valence-electron chi connectivity index (χ1n) is 13.2. The number of rotatable bonds is 4. The van der Waals surface area contributed by atoms with Gasteiger partial charge >= 0.3 is 0 Å². The summed E-state index contributed by atoms with van der Waals surface area (Å²) in [6.45, 7) is 6.70. The molecule has 0 bridgehead atoms. The quantitative estimate of drug-likeness (QED) is 0.455. The Morgan fingerprint density at radius 2 is 1.97 bits per heavy atom. The Morgan fingerprint density at radius 1 is 1.12 bits per heavy atom. The molecule has 4 fully saturated rings. The smallest absolute Gasteiger partial charge is 0.214 e. The second-order valence-electron chi connectivity index (χ2n) is 12.2. The van der Waals surface area contributed by atoms with Crippen molar-refractivity contribution in [2.24, 2.45) is 44.6 Å². The molecule has 0 saturated heterocycles. The SMILES string of the molecule is CN1CCN=C1NN=CCC[C@H]1CC[C@]2(O)[C@@H]3CC[C@@H]4C[C@@H](O)CC[C@]4(C)[C@H]3CC[C@]12C. The summed E-state index contributed by atoms with van der Waals surface area (Å²) in [5, 5.41) is 26.9. The Labute approximate surface area is 193 Å². The third kappa shape index (κ3) is 3.43. The lowest BCUT2D eigenvalue weighted by Gasteiger charge is -2.63. The van der Waals surface area contributed by atoms with E-state index in [1.807, 2.05) is 13.3 Å². The van der Waals surface area contributed by atoms with Crippen LogP contribution in [0.25, 0.3) is 0 Å². The van der Waals surface area contributed by atoms with Crippen LogP contribution in [0.2, 0.25) is 0 Å². The average molecular weight is 445 g/mol. The number of aliphatic hydroxyl groups excluding tert-OH is 1. The summed E-state index contributed by atoms with van der Waals surface area (Å²) in [6.07, 6.45) is 13.9. The van der Waals surface area contributed by atoms with E-state index in [-0.39, 0.29) is 11.5 Å². The molecule has 180 valence electrons. The molecule has 1 aliphatic heterocycles. The van der Waals surface area contributed by atoms with Crippen LogP contribution in [-0.2, 0) is 0 Å². The van der Waals surface area contributed by atoms with Crippen molar-refractivity contribution in [3.63, 3.8) is 0 Å². The summed E-state index contributed by atoms with van der Waals surface area (Å²) < 4.78 is 0. The highest BCUT2D eigenvalue weighted by atomic mass is 16.3. The number of hydrazone groups is 1. The van der Waals surface area contributed by atoms with Crippen LogP contribution in [-0.4, -0.2) is 59.1 Å². The monoisotopic (exact) mass is 444 g/mol. The van der Waals surface area contributed by atoms with Crippen LogP contribution >= 0.6 is 0 Å². The summed E-state index contributed by atoms with van der Waals surface area (Å²) in [4.78, 5) is 6.51. The van der Waals surface area contributed by atoms with Crippen LogP contribution < -0.4 is 5.43 Å². The van der Waals surface area contributed by atoms with Crippen LogP contribution in [0.15, 0.2) is 10.1 Å². The van der Waals surface area contributed by atoms with Gasteiger partial charge in [0.05, 0.1) is 18.2 Å². The number of hydrogen-bond donors (Lipinski definition) is 3. The normalized spacial score (nSPS) is 48.3. The van der Waals surface area contributed by atoms with Gasteiger partial charge in [-0.05, 0) is 105 Å². The number of nitrogens with zero attached hydrogens (tertiary/aromatic N) is 3. The second-order valence-corrected chi connectivity index (χ2v) is 12.2. The van der Waals surface area contributed by atoms with Crippen LogP contribution in [0.3, 0.4) is 0 Å². The minimum Gasteiger partial charge on any atom is -0.393 e. The molecule has 8 atom stereocenters. The summed E-state index contributed by atoms with van der Waals surface area (Å²) in [6, 6.07) is 0. The fourth-order valence-corrected chi connectivity index (χ4v) is 8.87. The molecule has 4 aliphatic carbocycles. The lowest BCUT2D eigenvalue weighted by Crippen LogP contribution is -2.62. The van der Waals surface area contributed by atoms with Gasteiger partial charge in [-0.1, -0.05) is 13.8 Å². The van der Waals surface area contributed by atoms with Crippen molar-refractivity contribution >= 4 is 12.2 Å². The van der Waals surface area contributed by atoms with Crippen LogP contribution in [0.4, 0.5) is 0 Å². The van der Waals surface area contributed by atoms with Gasteiger partial charge < -0.3 is 15.1 Å². The molecule has 1 heterocycles. The first-order chi connectivity index (χ1) is 15.3. The Kier molecular flexibility index (Phi) is 5.85. The highest BCUT2D eigenvalue weighted by Gasteiger charge is 2.66. The predicted molar refractivity (Wildman–Crippen MR) is 128 cm³/mol. The van der Waals surface area contributed by atoms with Gasteiger partial charge in [0.1, 0.15) is 0 Å². The van der Waals surface area contributed by atoms with Crippen molar-refractivity contribution in [2.75, 3.05) is 20.1 Å². The number of aliphatic imine (C=N–C) groups is 1. The van der Waals surface area contributed by atoms with Crippen molar-refractivity contribution in [3.8, 4) is 0 Å². The lowest BCUT2D eigenvalue weighted by molar-refractivity contribution is -0.210. The third-order valence-corrected chi connectivity index (χ3v) is 11.0. The highest BCUT2D eigenvalue weighted by Crippen LogP contribution is 2.69. The Morgan fingerprint density at radius 3 is 2.75 bits per heavy atom. The van der Waals surface area contributed by atoms with E-state index in [0.717, 1.165) is 76.8 Å². The van der Waals surface area contributed by atoms with Gasteiger partial charge in [-0.3, -0.25) is 0 Å². The molecular formula is C26H44N4O2. The van der Waals surface area contributed by atoms with E-state index in [4.69, 9.17) is 0 Å². The number of nitrogens with one attached hydrogen (secondary N) is 1. The first kappa shape index (κ1) is 22.6. The zero-order valence-corrected chi connectivity index (χ0v) is 20.4. The molecule has 6 nitrogen and oxygen atoms in total. The topological polar surface area (TPSA) is 80.5 Å². The van der Waals surface area contributed by atoms with E-state index in [9.17, 15) is 10.2 Å². The third-order valence-electron chi connectivity index (χ3n) is 11.0. The summed E-state index contributed by atoms with van der Waals surface area (Å²) in [5.74, 6) is 3.14. The second kappa shape index (κ2) is 8.26. The van der Waals surface area contributed by atoms with Crippen molar-refractivity contribution in [2.45, 2.75) is 96.2 Å². The van der Waals surface area contributed by atoms with E-state index in [0.29, 0.717) is 29.1 Å². The number of hydrogen-bond acceptors (Lipinski definition) is 6. The molecule has 32 heavy (non-hydrogen) atoms. The number of fused-ring (bicyclic) bond motifs is 5. The molecule has 4 saturated carbocycles. The molecule has 0 aromatic heterocycles. The van der Waals surface area contributed by atoms with Crippen LogP contribution in [0, 0.1) is 34.5 Å². The van der Waals surface area contributed by atoms with Crippen molar-refractivity contribution in [1.82, 2.24) is 10.3 Å². The van der Waals surface area contributed by atoms with Gasteiger partial charge in [0.2, 0.25) is 5.96 Å². The minimum absolute atomic E-state index is 0.0303. The number of aliphatic hydroxyl groups is 2. The largest absolute Gasteiger partial charge is 0.393 e. The highest BCUT2D eigenvalue weighted by molar-refractivity contribution is 5.81. The van der Waals surface area contributed by atoms with Gasteiger partial charge in [0.15, 0.2) is 0 Å². The number of guanidine groups is 1. The van der Waals surface area contributed by atoms with E-state index >= 15 is 0 Å². The Bertz CT molecular complexity index is 771. The first-order valence-corrected chi connectivity index (χ1v) is 13.2. The zero-order chi connectivity index (χ0) is 22.6. The van der Waals surface area contributed by atoms with Crippen molar-refractivity contribution < 1.29 is 10.2 Å². The molecule has 0 aromatic carbocycles. The number of likely N-dealkylation sites (N-methyl/N-ethyl adjacent to an activating group) is 1. The predicted octanol–water partition coefficient (Wildman–Crippen LogP) is 3.78. The van der Waals surface area contributed by atoms with Crippen molar-refractivity contribution in [1.29, 1.82) is 0 Å². The molecule has 0 amide bonds. The van der Waals surface area contributed by atoms with Gasteiger partial charge in [-0.2, -0.15) is 5.10 Å². The maximum Gasteiger partial charge on any atom is 0.214 e. The molecule has 6 heteroatoms. The maximum absolute atomic E-state index is 12.3. The summed E-state index contributed by atoms with van der Waals surface area (Å²) >= 11 is 0. The van der Waals surface area contributed by atoms with Crippen LogP contribution in [0.5, 0.6) is 0 Å². The summed E-state index contributed by atoms with van der Waals surface area (Å²) in [7, 11) is 2.04. The zero-order valence-electron chi connectivity index (χ0n) is 20.4. The van der Waals surface area contributed by atoms with E-state index in [1.54, 1.807) is 0 Å². The fourth-order valence-electron chi connectivity index (χ4n) is 8.87. The molecule has 0 spiro atoms. The van der Waals surface area contributed by atoms with Gasteiger partial charge in [0.25, 0.3) is 0 Å². The molecule has 3 N–H and O–H groups in total. The molecular weight excluding hydrogens is 400 g/mol. The summed E-state index contributed by atoms with van der Waals surface area (Å²) in [5.41, 5.74) is 2.91. The lowest BCUT2D eigenvalue weighted by atomic mass is 9.43. The Balaban J connectivity index is 1.23. The molecule has 0 unspecified atom stereocenters. The van der Waals surface area contributed by atoms with Crippen molar-refractivity contribution in [3.05, 3.63) is 0 Å². The maximum atomic E-state index is 12.3.